The van der Waals surface area contributed by atoms with Crippen LogP contribution >= 0.6 is 0 Å². The molecular formula is C18H18N4O3. The first-order chi connectivity index (χ1) is 12.1. The third-order valence-corrected chi connectivity index (χ3v) is 4.75. The molecule has 1 aliphatic heterocycles. The summed E-state index contributed by atoms with van der Waals surface area (Å²) in [5, 5.41) is 4.28. The summed E-state index contributed by atoms with van der Waals surface area (Å²) in [5.41, 5.74) is 1.10. The first kappa shape index (κ1) is 15.6. The van der Waals surface area contributed by atoms with Gasteiger partial charge >= 0.3 is 0 Å². The largest absolute Gasteiger partial charge is 0.361 e. The summed E-state index contributed by atoms with van der Waals surface area (Å²) in [7, 11) is 0. The zero-order valence-electron chi connectivity index (χ0n) is 13.9. The standard InChI is InChI=1S/C18H18N4O3/c1-12-15(9-20-25-12)17(23)21-8-4-5-13(10-21)22-11-19-16-7-3-2-6-14(16)18(22)24/h2-3,6-7,9,11,13H,4-5,8,10H2,1H3/t13-/m1/s1. The van der Waals surface area contributed by atoms with Crippen molar-refractivity contribution in [2.45, 2.75) is 25.8 Å². The van der Waals surface area contributed by atoms with Gasteiger partial charge in [-0.2, -0.15) is 0 Å². The molecule has 1 fully saturated rings. The molecule has 25 heavy (non-hydrogen) atoms. The van der Waals surface area contributed by atoms with Crippen LogP contribution in [0.1, 0.15) is 35.0 Å². The lowest BCUT2D eigenvalue weighted by atomic mass is 10.0. The van der Waals surface area contributed by atoms with Gasteiger partial charge in [-0.25, -0.2) is 4.98 Å². The monoisotopic (exact) mass is 338 g/mol. The smallest absolute Gasteiger partial charge is 0.261 e. The number of aryl methyl sites for hydroxylation is 1. The molecule has 0 aliphatic carbocycles. The average Bonchev–Trinajstić information content (AvgIpc) is 3.08. The van der Waals surface area contributed by atoms with Gasteiger partial charge in [0.2, 0.25) is 0 Å². The number of amides is 1. The molecular weight excluding hydrogens is 320 g/mol. The number of carbonyl (C=O) groups is 1. The molecule has 7 nitrogen and oxygen atoms in total. The van der Waals surface area contributed by atoms with Gasteiger partial charge in [-0.05, 0) is 31.9 Å². The predicted octanol–water partition coefficient (Wildman–Crippen LogP) is 2.17. The van der Waals surface area contributed by atoms with E-state index in [4.69, 9.17) is 4.52 Å². The van der Waals surface area contributed by atoms with E-state index in [9.17, 15) is 9.59 Å². The SMILES string of the molecule is Cc1oncc1C(=O)N1CCC[C@@H](n2cnc3ccccc3c2=O)C1. The number of likely N-dealkylation sites (tertiary alicyclic amines) is 1. The fraction of sp³-hybridized carbons (Fsp3) is 0.333. The van der Waals surface area contributed by atoms with Gasteiger partial charge in [0.05, 0.1) is 29.5 Å². The normalized spacial score (nSPS) is 17.8. The fourth-order valence-electron chi connectivity index (χ4n) is 3.38. The molecule has 1 aliphatic rings. The summed E-state index contributed by atoms with van der Waals surface area (Å²) in [5.74, 6) is 0.405. The highest BCUT2D eigenvalue weighted by molar-refractivity contribution is 5.94. The van der Waals surface area contributed by atoms with Gasteiger partial charge in [-0.1, -0.05) is 17.3 Å². The predicted molar refractivity (Wildman–Crippen MR) is 91.4 cm³/mol. The molecule has 128 valence electrons. The van der Waals surface area contributed by atoms with Crippen molar-refractivity contribution in [3.8, 4) is 0 Å². The van der Waals surface area contributed by atoms with Crippen molar-refractivity contribution in [1.29, 1.82) is 0 Å². The molecule has 1 amide bonds. The third-order valence-electron chi connectivity index (χ3n) is 4.75. The quantitative estimate of drug-likeness (QED) is 0.715. The Balaban J connectivity index is 1.64. The lowest BCUT2D eigenvalue weighted by Gasteiger charge is -2.33. The van der Waals surface area contributed by atoms with E-state index in [-0.39, 0.29) is 17.5 Å². The number of rotatable bonds is 2. The number of nitrogens with zero attached hydrogens (tertiary/aromatic N) is 4. The van der Waals surface area contributed by atoms with E-state index in [0.717, 1.165) is 12.8 Å². The number of fused-ring (bicyclic) bond motifs is 1. The number of piperidine rings is 1. The Morgan fingerprint density at radius 2 is 2.16 bits per heavy atom. The average molecular weight is 338 g/mol. The van der Waals surface area contributed by atoms with Crippen LogP contribution in [0.2, 0.25) is 0 Å². The zero-order chi connectivity index (χ0) is 17.4. The van der Waals surface area contributed by atoms with Crippen molar-refractivity contribution in [2.75, 3.05) is 13.1 Å². The van der Waals surface area contributed by atoms with E-state index in [0.29, 0.717) is 35.3 Å². The first-order valence-corrected chi connectivity index (χ1v) is 8.31. The minimum Gasteiger partial charge on any atom is -0.361 e. The Hall–Kier alpha value is -2.96. The third kappa shape index (κ3) is 2.71. The summed E-state index contributed by atoms with van der Waals surface area (Å²) < 4.78 is 6.65. The molecule has 0 radical (unpaired) electrons. The lowest BCUT2D eigenvalue weighted by molar-refractivity contribution is 0.0675. The number of hydrogen-bond donors (Lipinski definition) is 0. The topological polar surface area (TPSA) is 81.2 Å². The number of carbonyl (C=O) groups excluding carboxylic acids is 1. The van der Waals surface area contributed by atoms with Crippen LogP contribution in [0.25, 0.3) is 10.9 Å². The van der Waals surface area contributed by atoms with E-state index < -0.39 is 0 Å². The van der Waals surface area contributed by atoms with E-state index in [2.05, 4.69) is 10.1 Å². The second-order valence-electron chi connectivity index (χ2n) is 6.32. The highest BCUT2D eigenvalue weighted by Crippen LogP contribution is 2.23. The second kappa shape index (κ2) is 6.16. The molecule has 7 heteroatoms. The van der Waals surface area contributed by atoms with Crippen molar-refractivity contribution >= 4 is 16.8 Å². The maximum absolute atomic E-state index is 12.8. The van der Waals surface area contributed by atoms with Crippen molar-refractivity contribution in [1.82, 2.24) is 19.6 Å². The highest BCUT2D eigenvalue weighted by Gasteiger charge is 2.28. The Morgan fingerprint density at radius 3 is 2.96 bits per heavy atom. The molecule has 3 aromatic rings. The van der Waals surface area contributed by atoms with Gasteiger partial charge in [-0.3, -0.25) is 14.2 Å². The minimum atomic E-state index is -0.106. The highest BCUT2D eigenvalue weighted by atomic mass is 16.5. The van der Waals surface area contributed by atoms with E-state index >= 15 is 0 Å². The Bertz CT molecular complexity index is 991. The molecule has 0 unspecified atom stereocenters. The number of benzene rings is 1. The number of aromatic nitrogens is 3. The zero-order valence-corrected chi connectivity index (χ0v) is 13.9. The molecule has 3 heterocycles. The van der Waals surface area contributed by atoms with Crippen LogP contribution in [0.15, 0.2) is 46.1 Å². The summed E-state index contributed by atoms with van der Waals surface area (Å²) >= 11 is 0. The Labute approximate surface area is 143 Å². The molecule has 2 aromatic heterocycles. The van der Waals surface area contributed by atoms with E-state index in [1.165, 1.54) is 6.20 Å². The van der Waals surface area contributed by atoms with Crippen LogP contribution in [0.4, 0.5) is 0 Å². The number of hydrogen-bond acceptors (Lipinski definition) is 5. The summed E-state index contributed by atoms with van der Waals surface area (Å²) in [6, 6.07) is 7.23. The van der Waals surface area contributed by atoms with Gasteiger partial charge in [0, 0.05) is 13.1 Å². The summed E-state index contributed by atoms with van der Waals surface area (Å²) in [6.07, 6.45) is 4.71. The molecule has 4 rings (SSSR count). The Morgan fingerprint density at radius 1 is 1.32 bits per heavy atom. The van der Waals surface area contributed by atoms with Gasteiger partial charge in [0.1, 0.15) is 11.3 Å². The van der Waals surface area contributed by atoms with Gasteiger partial charge in [-0.15, -0.1) is 0 Å². The van der Waals surface area contributed by atoms with Crippen molar-refractivity contribution in [3.63, 3.8) is 0 Å². The first-order valence-electron chi connectivity index (χ1n) is 8.31. The lowest BCUT2D eigenvalue weighted by Crippen LogP contribution is -2.43. The maximum atomic E-state index is 12.8. The molecule has 1 aromatic carbocycles. The van der Waals surface area contributed by atoms with Gasteiger partial charge < -0.3 is 9.42 Å². The van der Waals surface area contributed by atoms with Crippen molar-refractivity contribution in [3.05, 3.63) is 58.5 Å². The number of para-hydroxylation sites is 1. The van der Waals surface area contributed by atoms with Crippen LogP contribution < -0.4 is 5.56 Å². The van der Waals surface area contributed by atoms with Crippen LogP contribution in [0.3, 0.4) is 0 Å². The molecule has 1 atom stereocenters. The van der Waals surface area contributed by atoms with Crippen LogP contribution in [0.5, 0.6) is 0 Å². The maximum Gasteiger partial charge on any atom is 0.261 e. The molecule has 1 saturated heterocycles. The summed E-state index contributed by atoms with van der Waals surface area (Å²) in [4.78, 5) is 31.6. The van der Waals surface area contributed by atoms with Crippen molar-refractivity contribution in [2.24, 2.45) is 0 Å². The minimum absolute atomic E-state index is 0.0638. The van der Waals surface area contributed by atoms with E-state index in [1.54, 1.807) is 28.8 Å². The summed E-state index contributed by atoms with van der Waals surface area (Å²) in [6.45, 7) is 2.86. The molecule has 0 spiro atoms. The van der Waals surface area contributed by atoms with Crippen LogP contribution in [0, 0.1) is 6.92 Å². The second-order valence-corrected chi connectivity index (χ2v) is 6.32. The Kier molecular flexibility index (Phi) is 3.83. The molecule has 0 N–H and O–H groups in total. The fourth-order valence-corrected chi connectivity index (χ4v) is 3.38. The van der Waals surface area contributed by atoms with Crippen LogP contribution in [-0.4, -0.2) is 38.6 Å². The molecule has 0 bridgehead atoms. The van der Waals surface area contributed by atoms with Gasteiger partial charge in [0.15, 0.2) is 0 Å². The molecule has 0 saturated carbocycles. The van der Waals surface area contributed by atoms with Crippen LogP contribution in [-0.2, 0) is 0 Å². The van der Waals surface area contributed by atoms with Gasteiger partial charge in [0.25, 0.3) is 11.5 Å². The van der Waals surface area contributed by atoms with Crippen molar-refractivity contribution < 1.29 is 9.32 Å². The van der Waals surface area contributed by atoms with E-state index in [1.807, 2.05) is 18.2 Å².